The van der Waals surface area contributed by atoms with Crippen LogP contribution in [0, 0.1) is 0 Å². The van der Waals surface area contributed by atoms with Gasteiger partial charge in [0.2, 0.25) is 0 Å². The zero-order chi connectivity index (χ0) is 24.4. The summed E-state index contributed by atoms with van der Waals surface area (Å²) in [6, 6.07) is 29.8. The van der Waals surface area contributed by atoms with E-state index in [1.807, 2.05) is 48.5 Å². The predicted octanol–water partition coefficient (Wildman–Crippen LogP) is 5.60. The molecule has 1 aliphatic rings. The van der Waals surface area contributed by atoms with Crippen LogP contribution in [0.1, 0.15) is 0 Å². The zero-order valence-electron chi connectivity index (χ0n) is 18.5. The average molecular weight is 505 g/mol. The Morgan fingerprint density at radius 3 is 2.29 bits per heavy atom. The first-order valence-corrected chi connectivity index (χ1v) is 12.7. The average Bonchev–Trinajstić information content (AvgIpc) is 2.89. The summed E-state index contributed by atoms with van der Waals surface area (Å²) in [6.07, 6.45) is -1.06. The van der Waals surface area contributed by atoms with Gasteiger partial charge in [0.1, 0.15) is 5.75 Å². The number of amides is 1. The van der Waals surface area contributed by atoms with Crippen molar-refractivity contribution in [3.8, 4) is 16.9 Å². The fourth-order valence-corrected chi connectivity index (χ4v) is 5.58. The van der Waals surface area contributed by atoms with E-state index in [1.165, 1.54) is 28.6 Å². The topological polar surface area (TPSA) is 75.7 Å². The number of sulfonamides is 1. The van der Waals surface area contributed by atoms with Crippen molar-refractivity contribution in [1.29, 1.82) is 0 Å². The fourth-order valence-electron chi connectivity index (χ4n) is 3.97. The first kappa shape index (κ1) is 23.0. The van der Waals surface area contributed by atoms with Gasteiger partial charge in [-0.3, -0.25) is 9.10 Å². The third kappa shape index (κ3) is 4.60. The molecule has 0 bridgehead atoms. The second-order valence-corrected chi connectivity index (χ2v) is 10.3. The number of fused-ring (bicyclic) bond motifs is 1. The van der Waals surface area contributed by atoms with Gasteiger partial charge >= 0.3 is 0 Å². The van der Waals surface area contributed by atoms with Gasteiger partial charge in [-0.2, -0.15) is 0 Å². The number of benzene rings is 4. The van der Waals surface area contributed by atoms with E-state index in [2.05, 4.69) is 5.32 Å². The van der Waals surface area contributed by atoms with Crippen LogP contribution in [0.3, 0.4) is 0 Å². The quantitative estimate of drug-likeness (QED) is 0.384. The van der Waals surface area contributed by atoms with Crippen LogP contribution in [-0.4, -0.2) is 27.0 Å². The summed E-state index contributed by atoms with van der Waals surface area (Å²) in [6.45, 7) is -0.179. The van der Waals surface area contributed by atoms with Crippen LogP contribution in [0.25, 0.3) is 11.1 Å². The normalized spacial score (nSPS) is 15.1. The first-order valence-electron chi connectivity index (χ1n) is 10.9. The first-order chi connectivity index (χ1) is 16.9. The summed E-state index contributed by atoms with van der Waals surface area (Å²) in [7, 11) is -3.97. The molecule has 0 fully saturated rings. The minimum atomic E-state index is -3.97. The Hall–Kier alpha value is -3.81. The number of halogens is 1. The lowest BCUT2D eigenvalue weighted by Gasteiger charge is -2.34. The van der Waals surface area contributed by atoms with Gasteiger partial charge in [-0.15, -0.1) is 0 Å². The van der Waals surface area contributed by atoms with E-state index in [9.17, 15) is 13.2 Å². The molecule has 1 N–H and O–H groups in total. The van der Waals surface area contributed by atoms with E-state index in [4.69, 9.17) is 16.3 Å². The Labute approximate surface area is 208 Å². The van der Waals surface area contributed by atoms with E-state index in [-0.39, 0.29) is 11.4 Å². The maximum atomic E-state index is 13.5. The van der Waals surface area contributed by atoms with Gasteiger partial charge in [-0.05, 0) is 48.0 Å². The van der Waals surface area contributed by atoms with E-state index in [1.54, 1.807) is 30.3 Å². The van der Waals surface area contributed by atoms with Crippen LogP contribution in [-0.2, 0) is 14.8 Å². The van der Waals surface area contributed by atoms with Crippen molar-refractivity contribution in [1.82, 2.24) is 0 Å². The molecular formula is C27H21ClN2O4S. The molecule has 5 rings (SSSR count). The molecule has 8 heteroatoms. The molecule has 0 saturated carbocycles. The van der Waals surface area contributed by atoms with Gasteiger partial charge in [-0.1, -0.05) is 72.3 Å². The third-order valence-electron chi connectivity index (χ3n) is 5.70. The number of para-hydroxylation sites is 3. The Bertz CT molecular complexity index is 1470. The van der Waals surface area contributed by atoms with Crippen molar-refractivity contribution in [3.05, 3.63) is 108 Å². The van der Waals surface area contributed by atoms with Gasteiger partial charge < -0.3 is 10.1 Å². The molecule has 1 unspecified atom stereocenters. The monoisotopic (exact) mass is 504 g/mol. The van der Waals surface area contributed by atoms with Crippen molar-refractivity contribution in [2.24, 2.45) is 0 Å². The van der Waals surface area contributed by atoms with E-state index in [0.29, 0.717) is 22.1 Å². The van der Waals surface area contributed by atoms with Crippen LogP contribution >= 0.6 is 11.6 Å². The summed E-state index contributed by atoms with van der Waals surface area (Å²) in [5.41, 5.74) is 2.78. The third-order valence-corrected chi connectivity index (χ3v) is 7.74. The largest absolute Gasteiger partial charge is 0.476 e. The highest BCUT2D eigenvalue weighted by Crippen LogP contribution is 2.37. The Balaban J connectivity index is 1.46. The van der Waals surface area contributed by atoms with Crippen molar-refractivity contribution >= 4 is 38.9 Å². The van der Waals surface area contributed by atoms with Crippen LogP contribution in [0.4, 0.5) is 11.4 Å². The Morgan fingerprint density at radius 2 is 1.51 bits per heavy atom. The standard InChI is InChI=1S/C27H21ClN2O4S/c28-20-14-16-21(17-15-20)35(32,33)30-18-26(34-25-13-7-6-12-24(25)30)27(31)29-23-11-5-4-10-22(23)19-8-2-1-3-9-19/h1-17,26H,18H2,(H,29,31). The number of anilines is 2. The predicted molar refractivity (Wildman–Crippen MR) is 137 cm³/mol. The maximum Gasteiger partial charge on any atom is 0.267 e. The number of ether oxygens (including phenoxy) is 1. The van der Waals surface area contributed by atoms with Crippen molar-refractivity contribution in [2.75, 3.05) is 16.2 Å². The van der Waals surface area contributed by atoms with Gasteiger partial charge in [0.15, 0.2) is 6.10 Å². The van der Waals surface area contributed by atoms with E-state index >= 15 is 0 Å². The maximum absolute atomic E-state index is 13.5. The minimum absolute atomic E-state index is 0.0761. The Morgan fingerprint density at radius 1 is 0.857 bits per heavy atom. The van der Waals surface area contributed by atoms with Crippen molar-refractivity contribution in [3.63, 3.8) is 0 Å². The van der Waals surface area contributed by atoms with E-state index < -0.39 is 22.0 Å². The summed E-state index contributed by atoms with van der Waals surface area (Å²) in [5.74, 6) is -0.132. The Kier molecular flexibility index (Phi) is 6.19. The van der Waals surface area contributed by atoms with Crippen LogP contribution < -0.4 is 14.4 Å². The minimum Gasteiger partial charge on any atom is -0.476 e. The molecule has 0 aromatic heterocycles. The van der Waals surface area contributed by atoms with Crippen LogP contribution in [0.5, 0.6) is 5.75 Å². The fraction of sp³-hybridized carbons (Fsp3) is 0.0741. The smallest absolute Gasteiger partial charge is 0.267 e. The molecule has 0 radical (unpaired) electrons. The summed E-state index contributed by atoms with van der Waals surface area (Å²) >= 11 is 5.95. The van der Waals surface area contributed by atoms with Gasteiger partial charge in [0, 0.05) is 16.3 Å². The van der Waals surface area contributed by atoms with Crippen molar-refractivity contribution < 1.29 is 17.9 Å². The number of nitrogens with one attached hydrogen (secondary N) is 1. The molecule has 176 valence electrons. The summed E-state index contributed by atoms with van der Waals surface area (Å²) < 4.78 is 34.2. The lowest BCUT2D eigenvalue weighted by Crippen LogP contribution is -2.48. The highest BCUT2D eigenvalue weighted by molar-refractivity contribution is 7.92. The summed E-state index contributed by atoms with van der Waals surface area (Å²) in [4.78, 5) is 13.4. The van der Waals surface area contributed by atoms with Gasteiger partial charge in [0.25, 0.3) is 15.9 Å². The zero-order valence-corrected chi connectivity index (χ0v) is 20.0. The second-order valence-electron chi connectivity index (χ2n) is 7.97. The highest BCUT2D eigenvalue weighted by atomic mass is 35.5. The summed E-state index contributed by atoms with van der Waals surface area (Å²) in [5, 5.41) is 3.36. The van der Waals surface area contributed by atoms with Crippen LogP contribution in [0.2, 0.25) is 5.02 Å². The lowest BCUT2D eigenvalue weighted by molar-refractivity contribution is -0.122. The van der Waals surface area contributed by atoms with Crippen LogP contribution in [0.15, 0.2) is 108 Å². The molecular weight excluding hydrogens is 484 g/mol. The van der Waals surface area contributed by atoms with Crippen molar-refractivity contribution in [2.45, 2.75) is 11.0 Å². The molecule has 1 aliphatic heterocycles. The molecule has 1 atom stereocenters. The molecule has 1 heterocycles. The molecule has 4 aromatic carbocycles. The molecule has 6 nitrogen and oxygen atoms in total. The number of nitrogens with zero attached hydrogens (tertiary/aromatic N) is 1. The van der Waals surface area contributed by atoms with Gasteiger partial charge in [-0.25, -0.2) is 8.42 Å². The highest BCUT2D eigenvalue weighted by Gasteiger charge is 2.37. The van der Waals surface area contributed by atoms with Gasteiger partial charge in [0.05, 0.1) is 17.1 Å². The molecule has 4 aromatic rings. The molecule has 35 heavy (non-hydrogen) atoms. The number of carbonyl (C=O) groups is 1. The molecule has 1 amide bonds. The molecule has 0 saturated heterocycles. The number of rotatable bonds is 5. The molecule has 0 spiro atoms. The number of hydrogen-bond acceptors (Lipinski definition) is 4. The SMILES string of the molecule is O=C(Nc1ccccc1-c1ccccc1)C1CN(S(=O)(=O)c2ccc(Cl)cc2)c2ccccc2O1. The second kappa shape index (κ2) is 9.44. The number of carbonyl (C=O) groups excluding carboxylic acids is 1. The molecule has 0 aliphatic carbocycles. The van der Waals surface area contributed by atoms with E-state index in [0.717, 1.165) is 11.1 Å². The number of hydrogen-bond donors (Lipinski definition) is 1. The lowest BCUT2D eigenvalue weighted by atomic mass is 10.0.